The number of aromatic nitrogens is 1. The fraction of sp³-hybridized carbons (Fsp3) is 0.545. The molecule has 6 heteroatoms. The summed E-state index contributed by atoms with van der Waals surface area (Å²) in [5.41, 5.74) is 3.79. The number of guanidine groups is 1. The van der Waals surface area contributed by atoms with Gasteiger partial charge in [0, 0.05) is 56.7 Å². The number of nitrogens with one attached hydrogen (secondary N) is 3. The number of H-pyrrole nitrogens is 1. The molecule has 2 heterocycles. The molecule has 1 aliphatic rings. The van der Waals surface area contributed by atoms with Gasteiger partial charge in [-0.05, 0) is 56.2 Å². The molecule has 1 amide bonds. The lowest BCUT2D eigenvalue weighted by atomic mass is 9.93. The van der Waals surface area contributed by atoms with Gasteiger partial charge in [-0.2, -0.15) is 0 Å². The zero-order chi connectivity index (χ0) is 19.9. The summed E-state index contributed by atoms with van der Waals surface area (Å²) in [6.07, 6.45) is 5.75. The molecule has 3 rings (SSSR count). The number of aromatic amines is 1. The van der Waals surface area contributed by atoms with Crippen LogP contribution in [0.2, 0.25) is 0 Å². The molecule has 3 N–H and O–H groups in total. The van der Waals surface area contributed by atoms with Crippen molar-refractivity contribution in [1.82, 2.24) is 20.5 Å². The van der Waals surface area contributed by atoms with E-state index in [1.165, 1.54) is 22.0 Å². The minimum atomic E-state index is 0.146. The van der Waals surface area contributed by atoms with Gasteiger partial charge in [0.2, 0.25) is 5.91 Å². The van der Waals surface area contributed by atoms with Gasteiger partial charge in [0.25, 0.3) is 0 Å². The van der Waals surface area contributed by atoms with Crippen LogP contribution in [-0.2, 0) is 11.2 Å². The molecule has 0 spiro atoms. The first kappa shape index (κ1) is 20.2. The number of carbonyl (C=O) groups is 1. The second kappa shape index (κ2) is 9.62. The highest BCUT2D eigenvalue weighted by atomic mass is 16.1. The van der Waals surface area contributed by atoms with Crippen molar-refractivity contribution in [3.05, 3.63) is 35.5 Å². The van der Waals surface area contributed by atoms with Crippen LogP contribution in [0.25, 0.3) is 10.9 Å². The monoisotopic (exact) mass is 383 g/mol. The van der Waals surface area contributed by atoms with Crippen molar-refractivity contribution in [2.75, 3.05) is 33.2 Å². The number of aliphatic imine (C=N–C) groups is 1. The molecular formula is C22H33N5O. The number of piperidine rings is 1. The normalized spacial score (nSPS) is 15.8. The van der Waals surface area contributed by atoms with Gasteiger partial charge in [-0.1, -0.05) is 12.1 Å². The van der Waals surface area contributed by atoms with Crippen LogP contribution in [-0.4, -0.2) is 55.0 Å². The molecule has 0 radical (unpaired) electrons. The van der Waals surface area contributed by atoms with Gasteiger partial charge in [0.15, 0.2) is 5.96 Å². The molecule has 1 fully saturated rings. The van der Waals surface area contributed by atoms with Crippen LogP contribution in [0.1, 0.15) is 37.3 Å². The Hall–Kier alpha value is -2.50. The number of hydrogen-bond donors (Lipinski definition) is 3. The number of benzene rings is 1. The Bertz CT molecular complexity index is 817. The molecule has 2 aromatic rings. The number of hydrogen-bond acceptors (Lipinski definition) is 2. The van der Waals surface area contributed by atoms with Crippen LogP contribution in [0.15, 0.2) is 29.4 Å². The lowest BCUT2D eigenvalue weighted by Crippen LogP contribution is -2.46. The SMILES string of the molecule is CCNC(=NCCc1c[nH]c2cc(C)ccc12)N1CCC(CC(=O)NC)CC1. The second-order valence-corrected chi connectivity index (χ2v) is 7.66. The van der Waals surface area contributed by atoms with Crippen LogP contribution in [0.4, 0.5) is 0 Å². The summed E-state index contributed by atoms with van der Waals surface area (Å²) >= 11 is 0. The van der Waals surface area contributed by atoms with Gasteiger partial charge in [0.1, 0.15) is 0 Å². The van der Waals surface area contributed by atoms with Crippen LogP contribution >= 0.6 is 0 Å². The van der Waals surface area contributed by atoms with E-state index in [1.807, 2.05) is 0 Å². The molecule has 6 nitrogen and oxygen atoms in total. The molecule has 1 aromatic heterocycles. The third-order valence-corrected chi connectivity index (χ3v) is 5.57. The van der Waals surface area contributed by atoms with Crippen molar-refractivity contribution in [2.24, 2.45) is 10.9 Å². The number of fused-ring (bicyclic) bond motifs is 1. The number of nitrogens with zero attached hydrogens (tertiary/aromatic N) is 2. The average molecular weight is 384 g/mol. The molecule has 0 bridgehead atoms. The summed E-state index contributed by atoms with van der Waals surface area (Å²) in [6, 6.07) is 6.55. The first-order valence-electron chi connectivity index (χ1n) is 10.4. The number of aryl methyl sites for hydroxylation is 1. The summed E-state index contributed by atoms with van der Waals surface area (Å²) < 4.78 is 0. The largest absolute Gasteiger partial charge is 0.361 e. The van der Waals surface area contributed by atoms with E-state index in [0.29, 0.717) is 12.3 Å². The van der Waals surface area contributed by atoms with Gasteiger partial charge in [0.05, 0.1) is 0 Å². The predicted octanol–water partition coefficient (Wildman–Crippen LogP) is 2.83. The van der Waals surface area contributed by atoms with E-state index < -0.39 is 0 Å². The van der Waals surface area contributed by atoms with Crippen LogP contribution in [0.3, 0.4) is 0 Å². The minimum Gasteiger partial charge on any atom is -0.361 e. The van der Waals surface area contributed by atoms with Crippen molar-refractivity contribution in [1.29, 1.82) is 0 Å². The highest BCUT2D eigenvalue weighted by Gasteiger charge is 2.23. The van der Waals surface area contributed by atoms with E-state index in [0.717, 1.165) is 51.4 Å². The third-order valence-electron chi connectivity index (χ3n) is 5.57. The zero-order valence-corrected chi connectivity index (χ0v) is 17.3. The van der Waals surface area contributed by atoms with E-state index >= 15 is 0 Å². The van der Waals surface area contributed by atoms with E-state index in [1.54, 1.807) is 7.05 Å². The van der Waals surface area contributed by atoms with E-state index in [2.05, 4.69) is 58.8 Å². The molecule has 0 atom stereocenters. The fourth-order valence-corrected chi connectivity index (χ4v) is 3.93. The molecule has 0 unspecified atom stereocenters. The lowest BCUT2D eigenvalue weighted by Gasteiger charge is -2.34. The molecule has 0 aliphatic carbocycles. The van der Waals surface area contributed by atoms with Crippen molar-refractivity contribution >= 4 is 22.8 Å². The highest BCUT2D eigenvalue weighted by Crippen LogP contribution is 2.21. The maximum absolute atomic E-state index is 11.6. The lowest BCUT2D eigenvalue weighted by molar-refractivity contribution is -0.121. The summed E-state index contributed by atoms with van der Waals surface area (Å²) in [4.78, 5) is 22.2. The van der Waals surface area contributed by atoms with E-state index in [-0.39, 0.29) is 5.91 Å². The smallest absolute Gasteiger partial charge is 0.220 e. The molecule has 1 aromatic carbocycles. The molecule has 28 heavy (non-hydrogen) atoms. The Morgan fingerprint density at radius 2 is 2.11 bits per heavy atom. The van der Waals surface area contributed by atoms with Gasteiger partial charge in [-0.3, -0.25) is 9.79 Å². The minimum absolute atomic E-state index is 0.146. The molecular weight excluding hydrogens is 350 g/mol. The Kier molecular flexibility index (Phi) is 6.95. The van der Waals surface area contributed by atoms with Crippen LogP contribution in [0, 0.1) is 12.8 Å². The summed E-state index contributed by atoms with van der Waals surface area (Å²) in [5.74, 6) is 1.62. The maximum atomic E-state index is 11.6. The summed E-state index contributed by atoms with van der Waals surface area (Å²) in [6.45, 7) is 7.77. The van der Waals surface area contributed by atoms with Crippen LogP contribution < -0.4 is 10.6 Å². The molecule has 152 valence electrons. The first-order chi connectivity index (χ1) is 13.6. The Balaban J connectivity index is 1.57. The van der Waals surface area contributed by atoms with Gasteiger partial charge in [-0.15, -0.1) is 0 Å². The van der Waals surface area contributed by atoms with Crippen molar-refractivity contribution in [3.63, 3.8) is 0 Å². The van der Waals surface area contributed by atoms with E-state index in [9.17, 15) is 4.79 Å². The fourth-order valence-electron chi connectivity index (χ4n) is 3.93. The summed E-state index contributed by atoms with van der Waals surface area (Å²) in [5, 5.41) is 7.46. The number of carbonyl (C=O) groups excluding carboxylic acids is 1. The molecule has 1 saturated heterocycles. The Labute approximate surface area is 167 Å². The third kappa shape index (κ3) is 5.06. The maximum Gasteiger partial charge on any atom is 0.220 e. The van der Waals surface area contributed by atoms with E-state index in [4.69, 9.17) is 4.99 Å². The van der Waals surface area contributed by atoms with Gasteiger partial charge in [-0.25, -0.2) is 0 Å². The highest BCUT2D eigenvalue weighted by molar-refractivity contribution is 5.84. The van der Waals surface area contributed by atoms with Crippen molar-refractivity contribution < 1.29 is 4.79 Å². The number of rotatable bonds is 6. The zero-order valence-electron chi connectivity index (χ0n) is 17.3. The van der Waals surface area contributed by atoms with Crippen molar-refractivity contribution in [3.8, 4) is 0 Å². The number of amides is 1. The first-order valence-corrected chi connectivity index (χ1v) is 10.4. The van der Waals surface area contributed by atoms with Crippen molar-refractivity contribution in [2.45, 2.75) is 39.5 Å². The quantitative estimate of drug-likeness (QED) is 0.531. The van der Waals surface area contributed by atoms with Gasteiger partial charge >= 0.3 is 0 Å². The average Bonchev–Trinajstić information content (AvgIpc) is 3.10. The Morgan fingerprint density at radius 1 is 1.32 bits per heavy atom. The second-order valence-electron chi connectivity index (χ2n) is 7.66. The topological polar surface area (TPSA) is 72.5 Å². The molecule has 0 saturated carbocycles. The standard InChI is InChI=1S/C22H33N5O/c1-4-24-22(27-11-8-17(9-12-27)14-21(28)23-3)25-10-7-18-15-26-20-13-16(2)5-6-19(18)20/h5-6,13,15,17,26H,4,7-12,14H2,1-3H3,(H,23,28)(H,24,25). The Morgan fingerprint density at radius 3 is 2.82 bits per heavy atom. The van der Waals surface area contributed by atoms with Gasteiger partial charge < -0.3 is 20.5 Å². The van der Waals surface area contributed by atoms with Crippen LogP contribution in [0.5, 0.6) is 0 Å². The summed E-state index contributed by atoms with van der Waals surface area (Å²) in [7, 11) is 1.71. The predicted molar refractivity (Wildman–Crippen MR) is 116 cm³/mol. The molecule has 1 aliphatic heterocycles. The number of likely N-dealkylation sites (tertiary alicyclic amines) is 1.